The van der Waals surface area contributed by atoms with Crippen LogP contribution in [0, 0.1) is 0 Å². The Bertz CT molecular complexity index is 474. The highest BCUT2D eigenvalue weighted by molar-refractivity contribution is 5.82. The van der Waals surface area contributed by atoms with E-state index < -0.39 is 12.0 Å². The van der Waals surface area contributed by atoms with Crippen LogP contribution in [-0.4, -0.2) is 42.7 Å². The fourth-order valence-corrected chi connectivity index (χ4v) is 1.69. The van der Waals surface area contributed by atoms with Crippen molar-refractivity contribution in [1.29, 1.82) is 0 Å². The maximum Gasteiger partial charge on any atom is 0.326 e. The van der Waals surface area contributed by atoms with Gasteiger partial charge in [-0.3, -0.25) is 4.79 Å². The van der Waals surface area contributed by atoms with E-state index in [1.807, 2.05) is 0 Å². The Morgan fingerprint density at radius 3 is 2.30 bits per heavy atom. The first kappa shape index (κ1) is 17.7. The van der Waals surface area contributed by atoms with E-state index in [-0.39, 0.29) is 17.8 Å². The second-order valence-electron chi connectivity index (χ2n) is 3.98. The van der Waals surface area contributed by atoms with Crippen LogP contribution in [0.15, 0.2) is 18.2 Å². The summed E-state index contributed by atoms with van der Waals surface area (Å²) < 4.78 is 10.2. The van der Waals surface area contributed by atoms with Gasteiger partial charge in [-0.2, -0.15) is 0 Å². The number of nitrogens with one attached hydrogen (secondary N) is 1. The normalized spacial score (nSPS) is 10.9. The molecule has 1 rings (SSSR count). The molecule has 0 aromatic heterocycles. The molecule has 1 atom stereocenters. The monoisotopic (exact) mass is 285 g/mol. The van der Waals surface area contributed by atoms with Crippen molar-refractivity contribution in [3.8, 4) is 11.5 Å². The van der Waals surface area contributed by atoms with Crippen LogP contribution >= 0.6 is 0 Å². The number of methoxy groups -OCH3 is 2. The van der Waals surface area contributed by atoms with Crippen LogP contribution in [0.5, 0.6) is 11.5 Å². The van der Waals surface area contributed by atoms with Gasteiger partial charge in [0.2, 0.25) is 5.91 Å². The van der Waals surface area contributed by atoms with E-state index in [0.29, 0.717) is 11.5 Å². The number of rotatable bonds is 6. The zero-order valence-corrected chi connectivity index (χ0v) is 11.6. The molecule has 0 aliphatic rings. The zero-order chi connectivity index (χ0) is 14.4. The molecule has 0 radical (unpaired) electrons. The van der Waals surface area contributed by atoms with Crippen molar-refractivity contribution in [3.63, 3.8) is 0 Å². The molecule has 0 heterocycles. The maximum absolute atomic E-state index is 11.0. The highest BCUT2D eigenvalue weighted by atomic mass is 16.5. The van der Waals surface area contributed by atoms with Gasteiger partial charge in [0.25, 0.3) is 0 Å². The molecule has 1 aromatic rings. The molecule has 0 fully saturated rings. The topological polar surface area (TPSA) is 116 Å². The molecule has 0 unspecified atom stereocenters. The lowest BCUT2D eigenvalue weighted by Crippen LogP contribution is -2.41. The molecule has 112 valence electrons. The molecular weight excluding hydrogens is 266 g/mol. The van der Waals surface area contributed by atoms with Crippen molar-refractivity contribution in [2.45, 2.75) is 19.4 Å². The smallest absolute Gasteiger partial charge is 0.326 e. The number of benzene rings is 1. The third kappa shape index (κ3) is 4.77. The van der Waals surface area contributed by atoms with E-state index in [1.165, 1.54) is 21.1 Å². The first-order valence-corrected chi connectivity index (χ1v) is 5.68. The van der Waals surface area contributed by atoms with Crippen LogP contribution in [0.1, 0.15) is 12.5 Å². The minimum Gasteiger partial charge on any atom is -0.493 e. The SMILES string of the molecule is COc1ccc(C[C@H](NC(C)=O)C(=O)O)cc1OC.O. The highest BCUT2D eigenvalue weighted by Crippen LogP contribution is 2.27. The van der Waals surface area contributed by atoms with E-state index in [0.717, 1.165) is 5.56 Å². The number of ether oxygens (including phenoxy) is 2. The van der Waals surface area contributed by atoms with E-state index >= 15 is 0 Å². The predicted octanol–water partition coefficient (Wildman–Crippen LogP) is 0.0109. The second-order valence-corrected chi connectivity index (χ2v) is 3.98. The second kappa shape index (κ2) is 8.00. The molecule has 0 bridgehead atoms. The fourth-order valence-electron chi connectivity index (χ4n) is 1.69. The Morgan fingerprint density at radius 2 is 1.85 bits per heavy atom. The summed E-state index contributed by atoms with van der Waals surface area (Å²) in [6, 6.07) is 4.16. The Labute approximate surface area is 116 Å². The van der Waals surface area contributed by atoms with Crippen molar-refractivity contribution < 1.29 is 29.6 Å². The van der Waals surface area contributed by atoms with Gasteiger partial charge >= 0.3 is 5.97 Å². The number of amides is 1. The Hall–Kier alpha value is -2.28. The van der Waals surface area contributed by atoms with Crippen LogP contribution < -0.4 is 14.8 Å². The molecule has 20 heavy (non-hydrogen) atoms. The maximum atomic E-state index is 11.0. The Morgan fingerprint density at radius 1 is 1.25 bits per heavy atom. The minimum absolute atomic E-state index is 0. The third-order valence-electron chi connectivity index (χ3n) is 2.56. The number of carboxylic acid groups (broad SMARTS) is 1. The molecule has 4 N–H and O–H groups in total. The van der Waals surface area contributed by atoms with Crippen molar-refractivity contribution in [2.24, 2.45) is 0 Å². The molecule has 7 heteroatoms. The molecule has 7 nitrogen and oxygen atoms in total. The molecule has 0 saturated carbocycles. The Kier molecular flexibility index (Phi) is 7.09. The largest absolute Gasteiger partial charge is 0.493 e. The summed E-state index contributed by atoms with van der Waals surface area (Å²) in [5.74, 6) is -0.373. The standard InChI is InChI=1S/C13H17NO5.H2O/c1-8(15)14-10(13(16)17)6-9-4-5-11(18-2)12(7-9)19-3;/h4-5,7,10H,6H2,1-3H3,(H,14,15)(H,16,17);1H2/t10-;/m0./s1. The summed E-state index contributed by atoms with van der Waals surface area (Å²) in [6.45, 7) is 1.28. The van der Waals surface area contributed by atoms with Crippen LogP contribution in [-0.2, 0) is 16.0 Å². The van der Waals surface area contributed by atoms with Gasteiger partial charge in [0.05, 0.1) is 14.2 Å². The summed E-state index contributed by atoms with van der Waals surface area (Å²) in [5.41, 5.74) is 0.735. The van der Waals surface area contributed by atoms with E-state index in [4.69, 9.17) is 14.6 Å². The zero-order valence-electron chi connectivity index (χ0n) is 11.6. The van der Waals surface area contributed by atoms with Crippen LogP contribution in [0.3, 0.4) is 0 Å². The number of carbonyl (C=O) groups excluding carboxylic acids is 1. The Balaban J connectivity index is 0.00000361. The summed E-state index contributed by atoms with van der Waals surface area (Å²) in [7, 11) is 3.03. The molecule has 1 aromatic carbocycles. The van der Waals surface area contributed by atoms with E-state index in [2.05, 4.69) is 5.32 Å². The lowest BCUT2D eigenvalue weighted by molar-refractivity contribution is -0.141. The van der Waals surface area contributed by atoms with Crippen molar-refractivity contribution >= 4 is 11.9 Å². The van der Waals surface area contributed by atoms with E-state index in [1.54, 1.807) is 18.2 Å². The summed E-state index contributed by atoms with van der Waals surface area (Å²) >= 11 is 0. The molecule has 1 amide bonds. The van der Waals surface area contributed by atoms with Gasteiger partial charge < -0.3 is 25.4 Å². The molecular formula is C13H19NO6. The van der Waals surface area contributed by atoms with Crippen molar-refractivity contribution in [1.82, 2.24) is 5.32 Å². The number of carboxylic acids is 1. The molecule has 0 aliphatic carbocycles. The van der Waals surface area contributed by atoms with Crippen LogP contribution in [0.2, 0.25) is 0 Å². The quantitative estimate of drug-likeness (QED) is 0.763. The predicted molar refractivity (Wildman–Crippen MR) is 72.1 cm³/mol. The summed E-state index contributed by atoms with van der Waals surface area (Å²) in [6.07, 6.45) is 0.176. The first-order chi connectivity index (χ1) is 8.97. The minimum atomic E-state index is -1.08. The van der Waals surface area contributed by atoms with Crippen LogP contribution in [0.4, 0.5) is 0 Å². The average Bonchev–Trinajstić information content (AvgIpc) is 2.37. The number of hydrogen-bond donors (Lipinski definition) is 2. The lowest BCUT2D eigenvalue weighted by atomic mass is 10.1. The van der Waals surface area contributed by atoms with Gasteiger partial charge in [0.15, 0.2) is 11.5 Å². The van der Waals surface area contributed by atoms with Gasteiger partial charge in [0.1, 0.15) is 6.04 Å². The van der Waals surface area contributed by atoms with Crippen LogP contribution in [0.25, 0.3) is 0 Å². The highest BCUT2D eigenvalue weighted by Gasteiger charge is 2.19. The third-order valence-corrected chi connectivity index (χ3v) is 2.56. The van der Waals surface area contributed by atoms with Gasteiger partial charge in [-0.25, -0.2) is 4.79 Å². The van der Waals surface area contributed by atoms with Gasteiger partial charge in [-0.05, 0) is 17.7 Å². The average molecular weight is 285 g/mol. The lowest BCUT2D eigenvalue weighted by Gasteiger charge is -2.14. The van der Waals surface area contributed by atoms with Gasteiger partial charge in [0, 0.05) is 13.3 Å². The van der Waals surface area contributed by atoms with Crippen molar-refractivity contribution in [2.75, 3.05) is 14.2 Å². The van der Waals surface area contributed by atoms with Crippen molar-refractivity contribution in [3.05, 3.63) is 23.8 Å². The molecule has 0 aliphatic heterocycles. The number of carbonyl (C=O) groups is 2. The molecule has 0 spiro atoms. The number of aliphatic carboxylic acids is 1. The molecule has 0 saturated heterocycles. The van der Waals surface area contributed by atoms with Gasteiger partial charge in [-0.1, -0.05) is 6.07 Å². The summed E-state index contributed by atoms with van der Waals surface area (Å²) in [5, 5.41) is 11.4. The summed E-state index contributed by atoms with van der Waals surface area (Å²) in [4.78, 5) is 22.0. The van der Waals surface area contributed by atoms with Gasteiger partial charge in [-0.15, -0.1) is 0 Å². The van der Waals surface area contributed by atoms with E-state index in [9.17, 15) is 9.59 Å². The first-order valence-electron chi connectivity index (χ1n) is 5.68. The number of hydrogen-bond acceptors (Lipinski definition) is 4. The fraction of sp³-hybridized carbons (Fsp3) is 0.385.